The number of phenolic OH excluding ortho intramolecular Hbond substituents is 1. The van der Waals surface area contributed by atoms with Crippen molar-refractivity contribution in [2.75, 3.05) is 26.1 Å². The smallest absolute Gasteiger partial charge is 0.355 e. The van der Waals surface area contributed by atoms with Crippen LogP contribution < -0.4 is 14.8 Å². The Hall–Kier alpha value is -4.41. The lowest BCUT2D eigenvalue weighted by atomic mass is 9.89. The number of aromatic hydroxyl groups is 1. The number of aromatic nitrogens is 4. The van der Waals surface area contributed by atoms with E-state index < -0.39 is 17.8 Å². The highest BCUT2D eigenvalue weighted by Gasteiger charge is 2.38. The monoisotopic (exact) mass is 451 g/mol. The Balaban J connectivity index is 1.92. The number of phenols is 1. The number of hydrogen-bond acceptors (Lipinski definition) is 10. The number of carbonyl (C=O) groups is 2. The van der Waals surface area contributed by atoms with Crippen molar-refractivity contribution >= 4 is 17.7 Å². The molecule has 0 aliphatic carbocycles. The number of anilines is 1. The molecule has 0 amide bonds. The molecule has 1 aliphatic heterocycles. The second-order valence-corrected chi connectivity index (χ2v) is 6.97. The Morgan fingerprint density at radius 3 is 2.58 bits per heavy atom. The van der Waals surface area contributed by atoms with Crippen LogP contribution in [0.15, 0.2) is 53.7 Å². The fraction of sp³-hybridized carbons (Fsp3) is 0.227. The van der Waals surface area contributed by atoms with Gasteiger partial charge in [-0.1, -0.05) is 11.2 Å². The van der Waals surface area contributed by atoms with E-state index in [-0.39, 0.29) is 28.7 Å². The van der Waals surface area contributed by atoms with Crippen molar-refractivity contribution < 1.29 is 28.9 Å². The number of nitrogens with one attached hydrogen (secondary N) is 1. The van der Waals surface area contributed by atoms with Crippen LogP contribution in [0.5, 0.6) is 17.2 Å². The summed E-state index contributed by atoms with van der Waals surface area (Å²) in [7, 11) is 2.74. The second-order valence-electron chi connectivity index (χ2n) is 6.97. The topological polar surface area (TPSA) is 138 Å². The third kappa shape index (κ3) is 3.95. The maximum absolute atomic E-state index is 13.7. The van der Waals surface area contributed by atoms with Gasteiger partial charge in [-0.3, -0.25) is 4.79 Å². The van der Waals surface area contributed by atoms with Gasteiger partial charge in [-0.2, -0.15) is 4.68 Å². The van der Waals surface area contributed by atoms with Crippen LogP contribution in [0.2, 0.25) is 0 Å². The van der Waals surface area contributed by atoms with Crippen molar-refractivity contribution in [1.29, 1.82) is 0 Å². The number of allylic oxidation sites excluding steroid dienone is 1. The van der Waals surface area contributed by atoms with Crippen LogP contribution in [-0.4, -0.2) is 57.9 Å². The summed E-state index contributed by atoms with van der Waals surface area (Å²) in [6.45, 7) is 2.10. The Kier molecular flexibility index (Phi) is 5.94. The van der Waals surface area contributed by atoms with Gasteiger partial charge in [0.1, 0.15) is 17.5 Å². The summed E-state index contributed by atoms with van der Waals surface area (Å²) >= 11 is 0. The molecule has 1 aliphatic rings. The van der Waals surface area contributed by atoms with E-state index in [1.165, 1.54) is 25.0 Å². The molecule has 0 fully saturated rings. The number of carbonyl (C=O) groups excluding carboxylic acids is 2. The predicted octanol–water partition coefficient (Wildman–Crippen LogP) is 2.11. The molecule has 3 aromatic rings. The molecule has 11 heteroatoms. The summed E-state index contributed by atoms with van der Waals surface area (Å²) in [5.41, 5.74) is 0.820. The summed E-state index contributed by atoms with van der Waals surface area (Å²) in [6.07, 6.45) is 0. The van der Waals surface area contributed by atoms with E-state index in [1.54, 1.807) is 43.3 Å². The fourth-order valence-corrected chi connectivity index (χ4v) is 3.57. The summed E-state index contributed by atoms with van der Waals surface area (Å²) in [5.74, 6) is -0.309. The normalized spacial score (nSPS) is 14.8. The Labute approximate surface area is 188 Å². The number of nitrogens with zero attached hydrogens (tertiary/aromatic N) is 4. The van der Waals surface area contributed by atoms with Gasteiger partial charge in [0.25, 0.3) is 0 Å². The number of Topliss-reactive ketones (excluding diaryl/α,β-unsaturated/α-hetero) is 1. The van der Waals surface area contributed by atoms with Crippen molar-refractivity contribution in [3.63, 3.8) is 0 Å². The molecule has 0 radical (unpaired) electrons. The lowest BCUT2D eigenvalue weighted by Crippen LogP contribution is -2.33. The van der Waals surface area contributed by atoms with Gasteiger partial charge in [0.15, 0.2) is 17.3 Å². The molecule has 0 saturated carbocycles. The minimum atomic E-state index is -0.903. The van der Waals surface area contributed by atoms with Crippen molar-refractivity contribution in [2.45, 2.75) is 13.0 Å². The molecular formula is C22H21N5O6. The van der Waals surface area contributed by atoms with Crippen LogP contribution in [0.25, 0.3) is 0 Å². The Bertz CT molecular complexity index is 1230. The maximum Gasteiger partial charge on any atom is 0.355 e. The number of tetrazole rings is 1. The fourth-order valence-electron chi connectivity index (χ4n) is 3.57. The standard InChI is InChI=1S/C22H21N5O6/c1-4-33-16-11-13(7-10-15(16)28)19-17(20(29)12-5-8-14(31-2)9-6-12)18(21(30)32-3)23-22-24-25-26-27(19)22/h5-11,19,28H,4H2,1-3H3,(H,23,24,26)/t19-/m1/s1. The molecule has 1 aromatic heterocycles. The molecular weight excluding hydrogens is 430 g/mol. The third-order valence-electron chi connectivity index (χ3n) is 5.10. The first-order chi connectivity index (χ1) is 16.0. The molecule has 33 heavy (non-hydrogen) atoms. The van der Waals surface area contributed by atoms with E-state index in [9.17, 15) is 14.7 Å². The lowest BCUT2D eigenvalue weighted by Gasteiger charge is -2.28. The van der Waals surface area contributed by atoms with E-state index in [0.29, 0.717) is 23.5 Å². The van der Waals surface area contributed by atoms with Crippen LogP contribution in [0.3, 0.4) is 0 Å². The van der Waals surface area contributed by atoms with E-state index >= 15 is 0 Å². The molecule has 0 unspecified atom stereocenters. The Morgan fingerprint density at radius 2 is 1.91 bits per heavy atom. The predicted molar refractivity (Wildman–Crippen MR) is 115 cm³/mol. The number of hydrogen-bond donors (Lipinski definition) is 2. The van der Waals surface area contributed by atoms with Crippen LogP contribution in [0.1, 0.15) is 28.9 Å². The minimum Gasteiger partial charge on any atom is -0.504 e. The van der Waals surface area contributed by atoms with Gasteiger partial charge in [-0.05, 0) is 59.3 Å². The van der Waals surface area contributed by atoms with Crippen molar-refractivity contribution in [3.05, 3.63) is 64.9 Å². The molecule has 2 heterocycles. The molecule has 0 bridgehead atoms. The number of ketones is 1. The molecule has 4 rings (SSSR count). The van der Waals surface area contributed by atoms with Crippen LogP contribution >= 0.6 is 0 Å². The molecule has 11 nitrogen and oxygen atoms in total. The lowest BCUT2D eigenvalue weighted by molar-refractivity contribution is -0.136. The number of esters is 1. The zero-order valence-corrected chi connectivity index (χ0v) is 18.1. The average Bonchev–Trinajstić information content (AvgIpc) is 3.32. The highest BCUT2D eigenvalue weighted by Crippen LogP contribution is 2.39. The maximum atomic E-state index is 13.7. The van der Waals surface area contributed by atoms with Gasteiger partial charge in [-0.15, -0.1) is 0 Å². The van der Waals surface area contributed by atoms with Gasteiger partial charge in [0.05, 0.1) is 26.4 Å². The molecule has 2 aromatic carbocycles. The van der Waals surface area contributed by atoms with Gasteiger partial charge in [0, 0.05) is 5.56 Å². The number of ether oxygens (including phenoxy) is 3. The van der Waals surface area contributed by atoms with Gasteiger partial charge < -0.3 is 24.6 Å². The number of methoxy groups -OCH3 is 2. The summed E-state index contributed by atoms with van der Waals surface area (Å²) < 4.78 is 17.0. The number of benzene rings is 2. The molecule has 0 saturated heterocycles. The van der Waals surface area contributed by atoms with Crippen LogP contribution in [0.4, 0.5) is 5.95 Å². The summed E-state index contributed by atoms with van der Waals surface area (Å²) in [4.78, 5) is 26.4. The Morgan fingerprint density at radius 1 is 1.15 bits per heavy atom. The average molecular weight is 451 g/mol. The van der Waals surface area contributed by atoms with Crippen molar-refractivity contribution in [2.24, 2.45) is 0 Å². The highest BCUT2D eigenvalue weighted by atomic mass is 16.5. The first-order valence-electron chi connectivity index (χ1n) is 10.00. The number of rotatable bonds is 7. The molecule has 1 atom stereocenters. The highest BCUT2D eigenvalue weighted by molar-refractivity contribution is 6.15. The molecule has 2 N–H and O–H groups in total. The first-order valence-corrected chi connectivity index (χ1v) is 10.00. The molecule has 0 spiro atoms. The van der Waals surface area contributed by atoms with Crippen LogP contribution in [0, 0.1) is 0 Å². The second kappa shape index (κ2) is 8.99. The summed E-state index contributed by atoms with van der Waals surface area (Å²) in [5, 5.41) is 24.6. The van der Waals surface area contributed by atoms with Crippen LogP contribution in [-0.2, 0) is 9.53 Å². The van der Waals surface area contributed by atoms with Gasteiger partial charge >= 0.3 is 5.97 Å². The van der Waals surface area contributed by atoms with Gasteiger partial charge in [0.2, 0.25) is 5.95 Å². The van der Waals surface area contributed by atoms with E-state index in [1.807, 2.05) is 0 Å². The summed E-state index contributed by atoms with van der Waals surface area (Å²) in [6, 6.07) is 10.2. The molecule has 170 valence electrons. The van der Waals surface area contributed by atoms with E-state index in [4.69, 9.17) is 14.2 Å². The van der Waals surface area contributed by atoms with Crippen molar-refractivity contribution in [1.82, 2.24) is 20.2 Å². The zero-order chi connectivity index (χ0) is 23.5. The largest absolute Gasteiger partial charge is 0.504 e. The zero-order valence-electron chi connectivity index (χ0n) is 18.1. The van der Waals surface area contributed by atoms with Crippen molar-refractivity contribution in [3.8, 4) is 17.2 Å². The number of fused-ring (bicyclic) bond motifs is 1. The van der Waals surface area contributed by atoms with E-state index in [2.05, 4.69) is 20.8 Å². The SMILES string of the molecule is CCOc1cc([C@@H]2C(C(=O)c3ccc(OC)cc3)=C(C(=O)OC)Nc3nnnn32)ccc1O. The quantitative estimate of drug-likeness (QED) is 0.406. The van der Waals surface area contributed by atoms with E-state index in [0.717, 1.165) is 0 Å². The van der Waals surface area contributed by atoms with Gasteiger partial charge in [-0.25, -0.2) is 4.79 Å². The third-order valence-corrected chi connectivity index (χ3v) is 5.10. The first kappa shape index (κ1) is 21.8. The minimum absolute atomic E-state index is 0.0633.